The fourth-order valence-corrected chi connectivity index (χ4v) is 4.51. The summed E-state index contributed by atoms with van der Waals surface area (Å²) in [5.74, 6) is 0. The quantitative estimate of drug-likeness (QED) is 0.488. The number of nitrogens with zero attached hydrogens (tertiary/aromatic N) is 2. The summed E-state index contributed by atoms with van der Waals surface area (Å²) in [5, 5.41) is 0. The number of halogens is 2. The topological polar surface area (TPSA) is 6.48 Å². The van der Waals surface area contributed by atoms with Crippen molar-refractivity contribution in [1.29, 1.82) is 0 Å². The molecule has 0 aromatic carbocycles. The van der Waals surface area contributed by atoms with Gasteiger partial charge in [0.1, 0.15) is 0 Å². The van der Waals surface area contributed by atoms with Crippen LogP contribution in [-0.2, 0) is 17.1 Å². The van der Waals surface area contributed by atoms with Gasteiger partial charge < -0.3 is 24.8 Å². The van der Waals surface area contributed by atoms with Crippen molar-refractivity contribution >= 4 is 0 Å². The Hall–Kier alpha value is 1.02. The van der Waals surface area contributed by atoms with Gasteiger partial charge in [-0.3, -0.25) is 9.80 Å². The van der Waals surface area contributed by atoms with Gasteiger partial charge in [0.05, 0.1) is 0 Å². The first-order chi connectivity index (χ1) is 9.27. The summed E-state index contributed by atoms with van der Waals surface area (Å²) < 4.78 is 0. The first-order valence-electron chi connectivity index (χ1n) is 8.82. The molecule has 1 saturated carbocycles. The number of hydrogen-bond acceptors (Lipinski definition) is 2. The molecule has 23 heavy (non-hydrogen) atoms. The van der Waals surface area contributed by atoms with E-state index in [0.29, 0.717) is 24.2 Å². The van der Waals surface area contributed by atoms with E-state index >= 15 is 0 Å². The molecule has 0 heterocycles. The molecule has 0 amide bonds. The van der Waals surface area contributed by atoms with Crippen LogP contribution >= 0.6 is 0 Å². The van der Waals surface area contributed by atoms with Crippen LogP contribution in [0, 0.1) is 0 Å². The Morgan fingerprint density at radius 1 is 0.565 bits per heavy atom. The number of rotatable bonds is 6. The third kappa shape index (κ3) is 7.84. The minimum absolute atomic E-state index is 0. The summed E-state index contributed by atoms with van der Waals surface area (Å²) in [5.41, 5.74) is 0. The Labute approximate surface area is 168 Å². The molecule has 5 heteroatoms. The third-order valence-electron chi connectivity index (χ3n) is 4.84. The van der Waals surface area contributed by atoms with Crippen LogP contribution in [0.4, 0.5) is 0 Å². The van der Waals surface area contributed by atoms with E-state index < -0.39 is 0 Å². The van der Waals surface area contributed by atoms with Crippen LogP contribution in [0.25, 0.3) is 0 Å². The van der Waals surface area contributed by atoms with E-state index in [-0.39, 0.29) is 41.9 Å². The minimum Gasteiger partial charge on any atom is -1.00 e. The zero-order valence-corrected chi connectivity index (χ0v) is 18.7. The Morgan fingerprint density at radius 3 is 0.957 bits per heavy atom. The summed E-state index contributed by atoms with van der Waals surface area (Å²) >= 11 is 0. The van der Waals surface area contributed by atoms with Crippen LogP contribution in [-0.4, -0.2) is 46.1 Å². The largest absolute Gasteiger partial charge is 2.00 e. The first-order valence-corrected chi connectivity index (χ1v) is 8.82. The van der Waals surface area contributed by atoms with Crippen molar-refractivity contribution in [3.05, 3.63) is 0 Å². The van der Waals surface area contributed by atoms with E-state index in [0.717, 1.165) is 12.1 Å². The fraction of sp³-hybridized carbons (Fsp3) is 1.00. The van der Waals surface area contributed by atoms with Crippen LogP contribution in [0.2, 0.25) is 0 Å². The Morgan fingerprint density at radius 2 is 0.783 bits per heavy atom. The molecule has 0 aromatic rings. The standard InChI is InChI=1S/C18H38N2.2ClH.Cu/c1-13(2)19(14(3)4)17-11-9-10-12-18(17)20(15(5)6)16(7)8;;;/h13-18H,9-12H2,1-8H3;2*1H;/q;;;+2/p-2. The Bertz CT molecular complexity index is 242. The predicted octanol–water partition coefficient (Wildman–Crippen LogP) is -1.46. The normalized spacial score (nSPS) is 21.7. The van der Waals surface area contributed by atoms with Crippen molar-refractivity contribution in [2.45, 2.75) is 117 Å². The average Bonchev–Trinajstić information content (AvgIpc) is 2.29. The summed E-state index contributed by atoms with van der Waals surface area (Å²) in [6.45, 7) is 18.9. The van der Waals surface area contributed by atoms with Gasteiger partial charge in [-0.25, -0.2) is 0 Å². The molecule has 0 aromatic heterocycles. The zero-order chi connectivity index (χ0) is 15.4. The fourth-order valence-electron chi connectivity index (χ4n) is 4.51. The van der Waals surface area contributed by atoms with Gasteiger partial charge in [-0.15, -0.1) is 0 Å². The molecule has 0 bridgehead atoms. The van der Waals surface area contributed by atoms with E-state index in [4.69, 9.17) is 0 Å². The first kappa shape index (κ1) is 28.8. The van der Waals surface area contributed by atoms with Crippen molar-refractivity contribution in [2.24, 2.45) is 0 Å². The molecule has 2 nitrogen and oxygen atoms in total. The Kier molecular flexibility index (Phi) is 16.6. The maximum absolute atomic E-state index is 2.77. The van der Waals surface area contributed by atoms with Gasteiger partial charge in [0.2, 0.25) is 0 Å². The number of hydrogen-bond donors (Lipinski definition) is 0. The van der Waals surface area contributed by atoms with Crippen molar-refractivity contribution in [2.75, 3.05) is 0 Å². The monoisotopic (exact) mass is 415 g/mol. The second-order valence-electron chi connectivity index (χ2n) is 7.69. The van der Waals surface area contributed by atoms with E-state index in [1.54, 1.807) is 0 Å². The molecule has 1 aliphatic carbocycles. The van der Waals surface area contributed by atoms with Crippen LogP contribution in [0.1, 0.15) is 81.1 Å². The SMILES string of the molecule is CC(C)N(C(C)C)C1CCCCC1N(C(C)C)C(C)C.[Cl-].[Cl-].[Cu+2]. The summed E-state index contributed by atoms with van der Waals surface area (Å²) in [6, 6.07) is 4.02. The van der Waals surface area contributed by atoms with Crippen molar-refractivity contribution < 1.29 is 41.9 Å². The van der Waals surface area contributed by atoms with Gasteiger partial charge in [0, 0.05) is 36.3 Å². The van der Waals surface area contributed by atoms with Crippen LogP contribution in [0.3, 0.4) is 0 Å². The van der Waals surface area contributed by atoms with E-state index in [1.165, 1.54) is 25.7 Å². The predicted molar refractivity (Wildman–Crippen MR) is 90.3 cm³/mol. The molecule has 0 N–H and O–H groups in total. The van der Waals surface area contributed by atoms with Crippen LogP contribution < -0.4 is 24.8 Å². The molecular weight excluding hydrogens is 379 g/mol. The summed E-state index contributed by atoms with van der Waals surface area (Å²) in [4.78, 5) is 5.53. The van der Waals surface area contributed by atoms with E-state index in [1.807, 2.05) is 0 Å². The molecule has 2 unspecified atom stereocenters. The van der Waals surface area contributed by atoms with Gasteiger partial charge in [-0.2, -0.15) is 0 Å². The molecule has 0 spiro atoms. The zero-order valence-electron chi connectivity index (χ0n) is 16.2. The van der Waals surface area contributed by atoms with Gasteiger partial charge >= 0.3 is 17.1 Å². The molecule has 1 fully saturated rings. The molecular formula is C18H38Cl2CuN2. The average molecular weight is 417 g/mol. The maximum atomic E-state index is 2.77. The van der Waals surface area contributed by atoms with Gasteiger partial charge in [0.15, 0.2) is 0 Å². The van der Waals surface area contributed by atoms with E-state index in [2.05, 4.69) is 65.2 Å². The molecule has 2 atom stereocenters. The van der Waals surface area contributed by atoms with Gasteiger partial charge in [0.25, 0.3) is 0 Å². The molecule has 1 aliphatic rings. The second-order valence-corrected chi connectivity index (χ2v) is 7.69. The van der Waals surface area contributed by atoms with Crippen molar-refractivity contribution in [3.63, 3.8) is 0 Å². The molecule has 1 radical (unpaired) electrons. The van der Waals surface area contributed by atoms with Crippen molar-refractivity contribution in [1.82, 2.24) is 9.80 Å². The van der Waals surface area contributed by atoms with E-state index in [9.17, 15) is 0 Å². The third-order valence-corrected chi connectivity index (χ3v) is 4.84. The van der Waals surface area contributed by atoms with Crippen molar-refractivity contribution in [3.8, 4) is 0 Å². The molecule has 145 valence electrons. The van der Waals surface area contributed by atoms with Gasteiger partial charge in [-0.05, 0) is 68.2 Å². The summed E-state index contributed by atoms with van der Waals surface area (Å²) in [6.07, 6.45) is 5.55. The smallest absolute Gasteiger partial charge is 1.00 e. The maximum Gasteiger partial charge on any atom is 2.00 e. The second kappa shape index (κ2) is 13.3. The van der Waals surface area contributed by atoms with Crippen LogP contribution in [0.15, 0.2) is 0 Å². The van der Waals surface area contributed by atoms with Gasteiger partial charge in [-0.1, -0.05) is 12.8 Å². The Balaban J connectivity index is -0.00000133. The summed E-state index contributed by atoms with van der Waals surface area (Å²) in [7, 11) is 0. The molecule has 1 rings (SSSR count). The minimum atomic E-state index is 0. The molecule has 0 saturated heterocycles. The molecule has 0 aliphatic heterocycles. The van der Waals surface area contributed by atoms with Crippen LogP contribution in [0.5, 0.6) is 0 Å².